The second kappa shape index (κ2) is 64.6. The minimum Gasteiger partial charge on any atom is -0.753 e. The standard InChI is InChI=1S/C42H48N2S4.C30H36N2S2.2C12H8N2O4.4CNS.2Ru/c1-3-5-7-9-11-13-15-33-17-19-39(45-33)41-23-21-37(47-41)31-25-27-43-35(29-31)36-30-32(26-28-44-36)38-22-24-42(48-38)40-20-18-34(46-40)16-14-12-10-8-6-4-2;1-3-5-7-9-11-25-13-15-29(33-25)23-17-19-31-27(21-23)28-22-24(18-20-32-28)30-16-14-26(34-30)12-10-8-6-4-2;2*15-11(16)7-1-3-13-9(5-7)10-6-8(12(17)18)2-4-14-10;4*2-1-3;;/h17-30H,3-16H2,1-2H3;13-22H,3-12H2,1-2H3;2*1-6H,(H,15,16)(H,17,18);;;;;;/q;;;;4*-1;2*+2. The number of carbonyl (C=O) groups is 4. The van der Waals surface area contributed by atoms with Gasteiger partial charge in [-0.25, -0.2) is 19.2 Å². The minimum absolute atomic E-state index is 0. The molecule has 0 amide bonds. The van der Waals surface area contributed by atoms with Crippen molar-refractivity contribution in [2.75, 3.05) is 0 Å². The van der Waals surface area contributed by atoms with Gasteiger partial charge in [-0.3, -0.25) is 39.9 Å². The van der Waals surface area contributed by atoms with Gasteiger partial charge in [-0.2, -0.15) is 20.6 Å². The van der Waals surface area contributed by atoms with Crippen LogP contribution in [0.15, 0.2) is 219 Å². The molecule has 0 spiro atoms. The van der Waals surface area contributed by atoms with Crippen molar-refractivity contribution in [3.8, 4) is 107 Å². The average Bonchev–Trinajstić information content (AvgIpc) is 1.61. The van der Waals surface area contributed by atoms with E-state index in [0.29, 0.717) is 22.8 Å². The van der Waals surface area contributed by atoms with Gasteiger partial charge in [-0.15, -0.1) is 68.0 Å². The Morgan fingerprint density at radius 1 is 0.250 bits per heavy atom. The van der Waals surface area contributed by atoms with Crippen molar-refractivity contribution in [2.24, 2.45) is 0 Å². The Morgan fingerprint density at radius 2 is 0.417 bits per heavy atom. The molecule has 0 saturated heterocycles. The molecule has 0 aliphatic rings. The first kappa shape index (κ1) is 112. The summed E-state index contributed by atoms with van der Waals surface area (Å²) in [5, 5.41) is 69.3. The summed E-state index contributed by atoms with van der Waals surface area (Å²) in [6.45, 7) is 9.10. The summed E-state index contributed by atoms with van der Waals surface area (Å²) in [6, 6.07) is 55.5. The smallest absolute Gasteiger partial charge is 0.753 e. The number of aryl methyl sites for hydroxylation is 4. The van der Waals surface area contributed by atoms with Crippen molar-refractivity contribution < 1.29 is 78.6 Å². The largest absolute Gasteiger partial charge is 2.00 e. The van der Waals surface area contributed by atoms with E-state index in [1.807, 2.05) is 92.8 Å². The summed E-state index contributed by atoms with van der Waals surface area (Å²) in [5.74, 6) is -4.30. The Kier molecular flexibility index (Phi) is 54.9. The van der Waals surface area contributed by atoms with Crippen LogP contribution in [0, 0.1) is 0 Å². The van der Waals surface area contributed by atoms with Crippen molar-refractivity contribution >= 4 is 161 Å². The van der Waals surface area contributed by atoms with Gasteiger partial charge < -0.3 is 42.1 Å². The maximum absolute atomic E-state index is 10.8. The number of hydrogen-bond acceptors (Lipinski definition) is 22. The molecule has 14 aromatic heterocycles. The number of carboxylic acids is 4. The van der Waals surface area contributed by atoms with Gasteiger partial charge in [0.05, 0.1) is 67.8 Å². The Balaban J connectivity index is 0.000000318. The quantitative estimate of drug-likeness (QED) is 0.0121. The van der Waals surface area contributed by atoms with Crippen molar-refractivity contribution in [1.29, 1.82) is 0 Å². The van der Waals surface area contributed by atoms with Gasteiger partial charge in [0.1, 0.15) is 0 Å². The number of aromatic nitrogens is 8. The summed E-state index contributed by atoms with van der Waals surface area (Å²) < 4.78 is 0. The average molecular weight is 2120 g/mol. The van der Waals surface area contributed by atoms with Gasteiger partial charge in [0.15, 0.2) is 0 Å². The van der Waals surface area contributed by atoms with Crippen LogP contribution in [-0.2, 0) is 64.6 Å². The van der Waals surface area contributed by atoms with Crippen LogP contribution in [0.1, 0.15) is 217 Å². The number of aromatic carboxylic acids is 4. The van der Waals surface area contributed by atoms with Crippen LogP contribution in [0.2, 0.25) is 0 Å². The van der Waals surface area contributed by atoms with Crippen LogP contribution in [-0.4, -0.2) is 105 Å². The molecule has 0 bridgehead atoms. The molecule has 0 aliphatic carbocycles. The molecule has 0 fully saturated rings. The van der Waals surface area contributed by atoms with Crippen molar-refractivity contribution in [3.63, 3.8) is 0 Å². The van der Waals surface area contributed by atoms with Gasteiger partial charge in [0, 0.05) is 108 Å². The number of unbranched alkanes of at least 4 members (excludes halogenated alkanes) is 16. The molecule has 14 aromatic rings. The molecule has 684 valence electrons. The van der Waals surface area contributed by atoms with E-state index in [-0.39, 0.29) is 61.2 Å². The molecule has 0 unspecified atom stereocenters. The van der Waals surface area contributed by atoms with E-state index in [0.717, 1.165) is 22.8 Å². The van der Waals surface area contributed by atoms with E-state index in [2.05, 4.69) is 228 Å². The summed E-state index contributed by atoms with van der Waals surface area (Å²) >= 11 is 26.3. The summed E-state index contributed by atoms with van der Waals surface area (Å²) in [6.07, 6.45) is 44.5. The second-order valence-corrected chi connectivity index (χ2v) is 36.6. The molecule has 14 heterocycles. The number of rotatable bonds is 38. The molecule has 4 N–H and O–H groups in total. The third kappa shape index (κ3) is 39.1. The predicted molar refractivity (Wildman–Crippen MR) is 551 cm³/mol. The first-order valence-electron chi connectivity index (χ1n) is 42.5. The number of isothiocyanates is 4. The van der Waals surface area contributed by atoms with E-state index >= 15 is 0 Å². The molecule has 0 atom stereocenters. The molecule has 32 heteroatoms. The molecule has 20 nitrogen and oxygen atoms in total. The number of hydrogen-bond donors (Lipinski definition) is 4. The predicted octanol–water partition coefficient (Wildman–Crippen LogP) is 30.4. The zero-order valence-corrected chi connectivity index (χ0v) is 85.0. The van der Waals surface area contributed by atoms with E-state index < -0.39 is 23.9 Å². The third-order valence-electron chi connectivity index (χ3n) is 19.7. The van der Waals surface area contributed by atoms with Crippen LogP contribution in [0.5, 0.6) is 0 Å². The van der Waals surface area contributed by atoms with Crippen molar-refractivity contribution in [3.05, 3.63) is 283 Å². The van der Waals surface area contributed by atoms with Crippen molar-refractivity contribution in [1.82, 2.24) is 39.9 Å². The van der Waals surface area contributed by atoms with E-state index in [1.165, 1.54) is 329 Å². The Bertz CT molecular complexity index is 5530. The van der Waals surface area contributed by atoms with E-state index in [9.17, 15) is 19.2 Å². The van der Waals surface area contributed by atoms with Crippen molar-refractivity contribution in [2.45, 2.75) is 182 Å². The third-order valence-corrected chi connectivity index (χ3v) is 27.0. The summed E-state index contributed by atoms with van der Waals surface area (Å²) in [5.41, 5.74) is 10.1. The Labute approximate surface area is 843 Å². The normalized spacial score (nSPS) is 10.0. The molecular weight excluding hydrogens is 2020 g/mol. The van der Waals surface area contributed by atoms with E-state index in [1.54, 1.807) is 0 Å². The Morgan fingerprint density at radius 3 is 0.652 bits per heavy atom. The fourth-order valence-corrected chi connectivity index (χ4v) is 19.6. The van der Waals surface area contributed by atoms with Crippen LogP contribution in [0.4, 0.5) is 0 Å². The molecular formula is C100H100N12O8Ru2S10. The molecule has 0 saturated carbocycles. The summed E-state index contributed by atoms with van der Waals surface area (Å²) in [7, 11) is 0. The van der Waals surface area contributed by atoms with Gasteiger partial charge in [0.2, 0.25) is 0 Å². The zero-order chi connectivity index (χ0) is 93.6. The van der Waals surface area contributed by atoms with E-state index in [4.69, 9.17) is 52.0 Å². The fraction of sp³-hybridized carbons (Fsp3) is 0.280. The first-order valence-corrected chi connectivity index (χ1v) is 49.1. The number of thiophene rings is 6. The van der Waals surface area contributed by atoms with Gasteiger partial charge in [-0.1, -0.05) is 179 Å². The second-order valence-electron chi connectivity index (χ2n) is 29.1. The maximum atomic E-state index is 10.8. The number of thiocarbonyl (C=S) groups is 4. The van der Waals surface area contributed by atoms with Crippen LogP contribution < -0.4 is 0 Å². The SMILES string of the molecule is CCCCCCCCc1ccc(-c2ccc(-c3ccnc(-c4cc(-c5ccc(-c6ccc(CCCCCCCC)s6)s5)ccn4)c3)s2)s1.CCCCCCc1ccc(-c2ccnc(-c3cc(-c4ccc(CCCCCC)s4)ccn3)c2)s1.O=C(O)c1ccnc(-c2cc(C(=O)O)ccn2)c1.O=C(O)c1ccnc(-c2cc(C(=O)O)ccn2)c1.[N-]=C=S.[N-]=C=S.[N-]=C=S.[N-]=C=S.[Ru+2].[Ru+2]. The molecule has 0 aliphatic heterocycles. The number of nitrogens with zero attached hydrogens (tertiary/aromatic N) is 12. The first-order chi connectivity index (χ1) is 63.3. The zero-order valence-electron chi connectivity index (χ0n) is 73.3. The maximum Gasteiger partial charge on any atom is 2.00 e. The molecule has 14 rings (SSSR count). The van der Waals surface area contributed by atoms with Gasteiger partial charge in [-0.05, 0) is 243 Å². The number of carboxylic acid groups (broad SMARTS) is 4. The fourth-order valence-electron chi connectivity index (χ4n) is 13.2. The molecule has 0 radical (unpaired) electrons. The number of pyridine rings is 8. The molecule has 0 aromatic carbocycles. The van der Waals surface area contributed by atoms with Crippen LogP contribution in [0.25, 0.3) is 128 Å². The topological polar surface area (TPSA) is 342 Å². The van der Waals surface area contributed by atoms with Crippen LogP contribution in [0.3, 0.4) is 0 Å². The van der Waals surface area contributed by atoms with Crippen LogP contribution >= 0.6 is 117 Å². The minimum atomic E-state index is -1.08. The van der Waals surface area contributed by atoms with Gasteiger partial charge >= 0.3 is 62.8 Å². The summed E-state index contributed by atoms with van der Waals surface area (Å²) in [4.78, 5) is 94.5. The molecule has 132 heavy (non-hydrogen) atoms. The van der Waals surface area contributed by atoms with Gasteiger partial charge in [0.25, 0.3) is 0 Å². The Hall–Kier alpha value is -10.3. The monoisotopic (exact) mass is 2120 g/mol.